The Morgan fingerprint density at radius 1 is 1.62 bits per heavy atom. The zero-order valence-electron chi connectivity index (χ0n) is 11.3. The van der Waals surface area contributed by atoms with Gasteiger partial charge in [0.05, 0.1) is 6.10 Å². The first-order chi connectivity index (χ1) is 10.1. The van der Waals surface area contributed by atoms with Crippen LogP contribution in [-0.4, -0.2) is 30.3 Å². The van der Waals surface area contributed by atoms with Crippen molar-refractivity contribution in [3.8, 4) is 11.8 Å². The van der Waals surface area contributed by atoms with Gasteiger partial charge in [-0.25, -0.2) is 0 Å². The average Bonchev–Trinajstić information content (AvgIpc) is 2.99. The van der Waals surface area contributed by atoms with Crippen molar-refractivity contribution in [2.45, 2.75) is 18.9 Å². The molecule has 1 aliphatic heterocycles. The average molecular weight is 351 g/mol. The van der Waals surface area contributed by atoms with Crippen LogP contribution < -0.4 is 5.32 Å². The van der Waals surface area contributed by atoms with Crippen molar-refractivity contribution in [2.75, 3.05) is 13.2 Å². The van der Waals surface area contributed by atoms with E-state index in [-0.39, 0.29) is 17.4 Å². The molecule has 0 saturated carbocycles. The Bertz CT molecular complexity index is 601. The number of ether oxygens (including phenoxy) is 1. The number of hydrogen-bond donors (Lipinski definition) is 2. The highest BCUT2D eigenvalue weighted by molar-refractivity contribution is 9.10. The maximum atomic E-state index is 12.0. The van der Waals surface area contributed by atoms with Crippen LogP contribution in [0.1, 0.15) is 18.4 Å². The molecule has 1 aromatic rings. The summed E-state index contributed by atoms with van der Waals surface area (Å²) in [5, 5.41) is 21.5. The molecule has 0 spiro atoms. The second kappa shape index (κ2) is 7.25. The lowest BCUT2D eigenvalue weighted by atomic mass is 10.1. The molecule has 21 heavy (non-hydrogen) atoms. The molecular weight excluding hydrogens is 336 g/mol. The number of phenolic OH excluding ortho intramolecular Hbond substituents is 1. The molecule has 0 unspecified atom stereocenters. The molecule has 2 rings (SSSR count). The van der Waals surface area contributed by atoms with Gasteiger partial charge >= 0.3 is 0 Å². The van der Waals surface area contributed by atoms with E-state index >= 15 is 0 Å². The number of carbonyl (C=O) groups excluding carboxylic acids is 1. The summed E-state index contributed by atoms with van der Waals surface area (Å²) in [6.45, 7) is 1.11. The standard InChI is InChI=1S/C15H15BrN2O3/c16-12-3-4-14(19)10(7-12)6-11(8-17)15(20)18-9-13-2-1-5-21-13/h3-4,6-7,13,19H,1-2,5,9H2,(H,18,20)/b11-6+/t13-/m1/s1. The number of phenols is 1. The number of nitriles is 1. The predicted molar refractivity (Wildman–Crippen MR) is 81.4 cm³/mol. The third-order valence-electron chi connectivity index (χ3n) is 3.17. The van der Waals surface area contributed by atoms with E-state index in [2.05, 4.69) is 21.2 Å². The van der Waals surface area contributed by atoms with Crippen LogP contribution in [0.25, 0.3) is 6.08 Å². The SMILES string of the molecule is N#C/C(=C\c1cc(Br)ccc1O)C(=O)NC[C@H]1CCCO1. The first kappa shape index (κ1) is 15.5. The smallest absolute Gasteiger partial charge is 0.262 e. The van der Waals surface area contributed by atoms with Gasteiger partial charge in [-0.05, 0) is 37.1 Å². The van der Waals surface area contributed by atoms with Crippen molar-refractivity contribution in [2.24, 2.45) is 0 Å². The summed E-state index contributed by atoms with van der Waals surface area (Å²) in [4.78, 5) is 12.0. The summed E-state index contributed by atoms with van der Waals surface area (Å²) < 4.78 is 6.16. The van der Waals surface area contributed by atoms with Gasteiger partial charge in [0, 0.05) is 23.2 Å². The third-order valence-corrected chi connectivity index (χ3v) is 3.66. The van der Waals surface area contributed by atoms with E-state index in [1.807, 2.05) is 6.07 Å². The van der Waals surface area contributed by atoms with E-state index in [0.29, 0.717) is 18.7 Å². The predicted octanol–water partition coefficient (Wildman–Crippen LogP) is 2.36. The lowest BCUT2D eigenvalue weighted by Crippen LogP contribution is -2.32. The summed E-state index contributed by atoms with van der Waals surface area (Å²) in [5.74, 6) is -0.453. The Morgan fingerprint density at radius 3 is 3.10 bits per heavy atom. The fourth-order valence-electron chi connectivity index (χ4n) is 2.05. The largest absolute Gasteiger partial charge is 0.507 e. The monoisotopic (exact) mass is 350 g/mol. The molecule has 1 fully saturated rings. The van der Waals surface area contributed by atoms with Crippen molar-refractivity contribution >= 4 is 27.9 Å². The highest BCUT2D eigenvalue weighted by Crippen LogP contribution is 2.24. The summed E-state index contributed by atoms with van der Waals surface area (Å²) in [7, 11) is 0. The molecule has 1 aromatic carbocycles. The molecular formula is C15H15BrN2O3. The second-order valence-electron chi connectivity index (χ2n) is 4.72. The molecule has 0 radical (unpaired) electrons. The van der Waals surface area contributed by atoms with Gasteiger partial charge in [0.25, 0.3) is 5.91 Å². The highest BCUT2D eigenvalue weighted by Gasteiger charge is 2.17. The molecule has 2 N–H and O–H groups in total. The van der Waals surface area contributed by atoms with E-state index in [1.165, 1.54) is 12.1 Å². The summed E-state index contributed by atoms with van der Waals surface area (Å²) in [6.07, 6.45) is 3.30. The molecule has 1 heterocycles. The maximum Gasteiger partial charge on any atom is 0.262 e. The number of hydrogen-bond acceptors (Lipinski definition) is 4. The highest BCUT2D eigenvalue weighted by atomic mass is 79.9. The second-order valence-corrected chi connectivity index (χ2v) is 5.63. The van der Waals surface area contributed by atoms with Crippen molar-refractivity contribution in [3.05, 3.63) is 33.8 Å². The van der Waals surface area contributed by atoms with Crippen LogP contribution in [0.5, 0.6) is 5.75 Å². The fraction of sp³-hybridized carbons (Fsp3) is 0.333. The van der Waals surface area contributed by atoms with Crippen LogP contribution in [0.2, 0.25) is 0 Å². The van der Waals surface area contributed by atoms with Gasteiger partial charge < -0.3 is 15.2 Å². The fourth-order valence-corrected chi connectivity index (χ4v) is 2.43. The van der Waals surface area contributed by atoms with Crippen LogP contribution >= 0.6 is 15.9 Å². The van der Waals surface area contributed by atoms with Gasteiger partial charge in [-0.15, -0.1) is 0 Å². The minimum Gasteiger partial charge on any atom is -0.507 e. The van der Waals surface area contributed by atoms with E-state index in [0.717, 1.165) is 17.3 Å². The minimum absolute atomic E-state index is 0.0119. The first-order valence-corrected chi connectivity index (χ1v) is 7.39. The third kappa shape index (κ3) is 4.31. The van der Waals surface area contributed by atoms with Crippen LogP contribution in [0, 0.1) is 11.3 Å². The van der Waals surface area contributed by atoms with Crippen LogP contribution in [0.3, 0.4) is 0 Å². The van der Waals surface area contributed by atoms with E-state index in [9.17, 15) is 9.90 Å². The number of nitrogens with one attached hydrogen (secondary N) is 1. The van der Waals surface area contributed by atoms with Crippen molar-refractivity contribution in [3.63, 3.8) is 0 Å². The number of halogens is 1. The van der Waals surface area contributed by atoms with Gasteiger partial charge in [0.1, 0.15) is 17.4 Å². The Hall–Kier alpha value is -1.84. The number of nitrogens with zero attached hydrogens (tertiary/aromatic N) is 1. The summed E-state index contributed by atoms with van der Waals surface area (Å²) in [5.41, 5.74) is 0.356. The van der Waals surface area contributed by atoms with Gasteiger partial charge in [0.15, 0.2) is 0 Å². The zero-order valence-corrected chi connectivity index (χ0v) is 12.9. The lowest BCUT2D eigenvalue weighted by Gasteiger charge is -2.10. The Kier molecular flexibility index (Phi) is 5.37. The van der Waals surface area contributed by atoms with E-state index < -0.39 is 5.91 Å². The molecule has 0 aromatic heterocycles. The lowest BCUT2D eigenvalue weighted by molar-refractivity contribution is -0.117. The molecule has 0 bridgehead atoms. The molecule has 0 aliphatic carbocycles. The van der Waals surface area contributed by atoms with E-state index in [4.69, 9.17) is 10.00 Å². The molecule has 110 valence electrons. The summed E-state index contributed by atoms with van der Waals surface area (Å²) >= 11 is 3.28. The quantitative estimate of drug-likeness (QED) is 0.645. The summed E-state index contributed by atoms with van der Waals surface area (Å²) in [6, 6.07) is 6.67. The topological polar surface area (TPSA) is 82.3 Å². The van der Waals surface area contributed by atoms with Crippen molar-refractivity contribution in [1.82, 2.24) is 5.32 Å². The number of aromatic hydroxyl groups is 1. The molecule has 1 atom stereocenters. The van der Waals surface area contributed by atoms with Crippen LogP contribution in [0.4, 0.5) is 0 Å². The number of rotatable bonds is 4. The van der Waals surface area contributed by atoms with Crippen molar-refractivity contribution in [1.29, 1.82) is 5.26 Å². The molecule has 1 amide bonds. The maximum absolute atomic E-state index is 12.0. The van der Waals surface area contributed by atoms with Crippen LogP contribution in [-0.2, 0) is 9.53 Å². The van der Waals surface area contributed by atoms with Gasteiger partial charge in [-0.3, -0.25) is 4.79 Å². The van der Waals surface area contributed by atoms with Gasteiger partial charge in [0.2, 0.25) is 0 Å². The Labute approximate surface area is 131 Å². The van der Waals surface area contributed by atoms with Crippen LogP contribution in [0.15, 0.2) is 28.2 Å². The zero-order chi connectivity index (χ0) is 15.2. The normalized spacial score (nSPS) is 18.3. The van der Waals surface area contributed by atoms with Crippen molar-refractivity contribution < 1.29 is 14.6 Å². The Morgan fingerprint density at radius 2 is 2.43 bits per heavy atom. The molecule has 6 heteroatoms. The first-order valence-electron chi connectivity index (χ1n) is 6.60. The minimum atomic E-state index is -0.465. The van der Waals surface area contributed by atoms with Gasteiger partial charge in [-0.2, -0.15) is 5.26 Å². The van der Waals surface area contributed by atoms with E-state index in [1.54, 1.807) is 12.1 Å². The Balaban J connectivity index is 2.07. The number of carbonyl (C=O) groups is 1. The number of benzene rings is 1. The number of amides is 1. The molecule has 1 saturated heterocycles. The molecule has 5 nitrogen and oxygen atoms in total. The molecule has 1 aliphatic rings. The van der Waals surface area contributed by atoms with Gasteiger partial charge in [-0.1, -0.05) is 15.9 Å².